The third-order valence-corrected chi connectivity index (χ3v) is 9.04. The summed E-state index contributed by atoms with van der Waals surface area (Å²) in [5, 5.41) is 13.5. The molecule has 0 aromatic heterocycles. The second-order valence-electron chi connectivity index (χ2n) is 9.26. The van der Waals surface area contributed by atoms with Crippen molar-refractivity contribution in [2.45, 2.75) is 71.4 Å². The zero-order valence-corrected chi connectivity index (χ0v) is 19.1. The molecule has 0 fully saturated rings. The standard InChI is InChI=1S/C20H32N2O5Si/c1-14(21-18(23)26-19(2,3)4)17(27-28(8,9)20(5,6)7)15-10-12-16(13-11-15)22(24)25/h10-13,17H,1H2,2-9H3,(H,21,23). The van der Waals surface area contributed by atoms with Gasteiger partial charge >= 0.3 is 6.09 Å². The summed E-state index contributed by atoms with van der Waals surface area (Å²) in [5.74, 6) is 0. The number of ether oxygens (including phenoxy) is 1. The molecule has 156 valence electrons. The highest BCUT2D eigenvalue weighted by molar-refractivity contribution is 6.74. The van der Waals surface area contributed by atoms with E-state index in [-0.39, 0.29) is 10.7 Å². The highest BCUT2D eigenvalue weighted by Gasteiger charge is 2.40. The maximum atomic E-state index is 12.2. The summed E-state index contributed by atoms with van der Waals surface area (Å²) in [5.41, 5.74) is 0.345. The van der Waals surface area contributed by atoms with Gasteiger partial charge in [-0.3, -0.25) is 15.4 Å². The fourth-order valence-electron chi connectivity index (χ4n) is 2.08. The van der Waals surface area contributed by atoms with Crippen molar-refractivity contribution >= 4 is 20.1 Å². The van der Waals surface area contributed by atoms with Crippen LogP contribution in [0.1, 0.15) is 53.2 Å². The normalized spacial score (nSPS) is 13.6. The lowest BCUT2D eigenvalue weighted by atomic mass is 10.1. The van der Waals surface area contributed by atoms with E-state index in [0.717, 1.165) is 0 Å². The van der Waals surface area contributed by atoms with Crippen molar-refractivity contribution in [3.8, 4) is 0 Å². The molecule has 1 unspecified atom stereocenters. The number of alkyl carbamates (subject to hydrolysis) is 1. The molecule has 0 aliphatic heterocycles. The van der Waals surface area contributed by atoms with E-state index in [0.29, 0.717) is 11.3 Å². The van der Waals surface area contributed by atoms with Crippen LogP contribution in [-0.2, 0) is 9.16 Å². The molecule has 1 aromatic carbocycles. The van der Waals surface area contributed by atoms with Crippen molar-refractivity contribution < 1.29 is 18.9 Å². The lowest BCUT2D eigenvalue weighted by Gasteiger charge is -2.40. The molecule has 1 aromatic rings. The Balaban J connectivity index is 3.18. The molecule has 8 heteroatoms. The Hall–Kier alpha value is -2.19. The molecule has 0 spiro atoms. The minimum atomic E-state index is -2.23. The van der Waals surface area contributed by atoms with E-state index < -0.39 is 31.0 Å². The van der Waals surface area contributed by atoms with Gasteiger partial charge in [-0.2, -0.15) is 0 Å². The van der Waals surface area contributed by atoms with Gasteiger partial charge in [0, 0.05) is 17.8 Å². The third-order valence-electron chi connectivity index (χ3n) is 4.60. The summed E-state index contributed by atoms with van der Waals surface area (Å²) in [4.78, 5) is 22.7. The molecule has 28 heavy (non-hydrogen) atoms. The molecular formula is C20H32N2O5Si. The van der Waals surface area contributed by atoms with Crippen LogP contribution in [0.2, 0.25) is 18.1 Å². The molecule has 7 nitrogen and oxygen atoms in total. The first-order chi connectivity index (χ1) is 12.5. The Bertz CT molecular complexity index is 730. The topological polar surface area (TPSA) is 90.7 Å². The van der Waals surface area contributed by atoms with Gasteiger partial charge in [-0.25, -0.2) is 4.79 Å². The van der Waals surface area contributed by atoms with Gasteiger partial charge in [-0.05, 0) is 56.6 Å². The number of carbonyl (C=O) groups is 1. The Kier molecular flexibility index (Phi) is 7.19. The zero-order chi connectivity index (χ0) is 21.9. The van der Waals surface area contributed by atoms with Crippen molar-refractivity contribution in [2.24, 2.45) is 0 Å². The van der Waals surface area contributed by atoms with E-state index in [1.54, 1.807) is 32.9 Å². The van der Waals surface area contributed by atoms with E-state index >= 15 is 0 Å². The van der Waals surface area contributed by atoms with Crippen molar-refractivity contribution in [1.29, 1.82) is 0 Å². The van der Waals surface area contributed by atoms with Crippen molar-refractivity contribution in [3.05, 3.63) is 52.2 Å². The fraction of sp³-hybridized carbons (Fsp3) is 0.550. The van der Waals surface area contributed by atoms with Crippen LogP contribution in [-0.4, -0.2) is 24.9 Å². The van der Waals surface area contributed by atoms with Crippen LogP contribution in [0, 0.1) is 10.1 Å². The van der Waals surface area contributed by atoms with Gasteiger partial charge in [-0.1, -0.05) is 27.4 Å². The number of nitro benzene ring substituents is 1. The number of amides is 1. The lowest BCUT2D eigenvalue weighted by molar-refractivity contribution is -0.384. The van der Waals surface area contributed by atoms with Crippen molar-refractivity contribution in [1.82, 2.24) is 5.32 Å². The SMILES string of the molecule is C=C(NC(=O)OC(C)(C)C)C(O[Si](C)(C)C(C)(C)C)c1ccc([N+](=O)[O-])cc1. The smallest absolute Gasteiger partial charge is 0.411 e. The Morgan fingerprint density at radius 1 is 1.14 bits per heavy atom. The number of hydrogen-bond acceptors (Lipinski definition) is 5. The van der Waals surface area contributed by atoms with E-state index in [9.17, 15) is 14.9 Å². The molecule has 1 rings (SSSR count). The van der Waals surface area contributed by atoms with E-state index in [1.165, 1.54) is 12.1 Å². The lowest BCUT2D eigenvalue weighted by Crippen LogP contribution is -2.43. The first-order valence-electron chi connectivity index (χ1n) is 9.14. The highest BCUT2D eigenvalue weighted by Crippen LogP contribution is 2.41. The maximum Gasteiger partial charge on any atom is 0.411 e. The first kappa shape index (κ1) is 23.8. The molecule has 1 atom stereocenters. The van der Waals surface area contributed by atoms with Crippen LogP contribution in [0.5, 0.6) is 0 Å². The number of rotatable bonds is 6. The quantitative estimate of drug-likeness (QED) is 0.370. The third kappa shape index (κ3) is 6.76. The summed E-state index contributed by atoms with van der Waals surface area (Å²) in [6.45, 7) is 19.8. The minimum Gasteiger partial charge on any atom is -0.444 e. The molecule has 0 saturated heterocycles. The number of nitro groups is 1. The van der Waals surface area contributed by atoms with Crippen molar-refractivity contribution in [3.63, 3.8) is 0 Å². The van der Waals surface area contributed by atoms with E-state index in [2.05, 4.69) is 45.8 Å². The molecular weight excluding hydrogens is 376 g/mol. The number of nitrogens with zero attached hydrogens (tertiary/aromatic N) is 1. The molecule has 0 heterocycles. The Morgan fingerprint density at radius 3 is 2.04 bits per heavy atom. The van der Waals surface area contributed by atoms with Crippen LogP contribution in [0.25, 0.3) is 0 Å². The molecule has 0 aliphatic carbocycles. The molecule has 0 aliphatic rings. The number of non-ortho nitro benzene ring substituents is 1. The Labute approximate surface area is 168 Å². The van der Waals surface area contributed by atoms with E-state index in [1.807, 2.05) is 0 Å². The van der Waals surface area contributed by atoms with Gasteiger partial charge < -0.3 is 9.16 Å². The number of benzene rings is 1. The van der Waals surface area contributed by atoms with Crippen molar-refractivity contribution in [2.75, 3.05) is 0 Å². The summed E-state index contributed by atoms with van der Waals surface area (Å²) in [6.07, 6.45) is -1.27. The second-order valence-corrected chi connectivity index (χ2v) is 14.0. The molecule has 0 bridgehead atoms. The molecule has 0 radical (unpaired) electrons. The van der Waals surface area contributed by atoms with Crippen LogP contribution in [0.3, 0.4) is 0 Å². The van der Waals surface area contributed by atoms with Crippen LogP contribution in [0.15, 0.2) is 36.5 Å². The highest BCUT2D eigenvalue weighted by atomic mass is 28.4. The molecule has 1 N–H and O–H groups in total. The number of hydrogen-bond donors (Lipinski definition) is 1. The summed E-state index contributed by atoms with van der Waals surface area (Å²) in [6, 6.07) is 6.08. The summed E-state index contributed by atoms with van der Waals surface area (Å²) in [7, 11) is -2.23. The summed E-state index contributed by atoms with van der Waals surface area (Å²) < 4.78 is 11.8. The van der Waals surface area contributed by atoms with Crippen LogP contribution >= 0.6 is 0 Å². The largest absolute Gasteiger partial charge is 0.444 e. The van der Waals surface area contributed by atoms with Gasteiger partial charge in [0.15, 0.2) is 8.32 Å². The average Bonchev–Trinajstić information content (AvgIpc) is 2.49. The van der Waals surface area contributed by atoms with Crippen LogP contribution < -0.4 is 5.32 Å². The van der Waals surface area contributed by atoms with E-state index in [4.69, 9.17) is 9.16 Å². The number of carbonyl (C=O) groups excluding carboxylic acids is 1. The monoisotopic (exact) mass is 408 g/mol. The van der Waals surface area contributed by atoms with Gasteiger partial charge in [0.2, 0.25) is 0 Å². The summed E-state index contributed by atoms with van der Waals surface area (Å²) >= 11 is 0. The average molecular weight is 409 g/mol. The minimum absolute atomic E-state index is 0.0134. The predicted octanol–water partition coefficient (Wildman–Crippen LogP) is 5.70. The van der Waals surface area contributed by atoms with Crippen LogP contribution in [0.4, 0.5) is 10.5 Å². The second kappa shape index (κ2) is 8.44. The fourth-order valence-corrected chi connectivity index (χ4v) is 3.30. The molecule has 1 amide bonds. The van der Waals surface area contributed by atoms with Gasteiger partial charge in [0.1, 0.15) is 11.7 Å². The Morgan fingerprint density at radius 2 is 1.64 bits per heavy atom. The zero-order valence-electron chi connectivity index (χ0n) is 18.1. The molecule has 0 saturated carbocycles. The maximum absolute atomic E-state index is 12.2. The predicted molar refractivity (Wildman–Crippen MR) is 113 cm³/mol. The van der Waals surface area contributed by atoms with Gasteiger partial charge in [0.25, 0.3) is 5.69 Å². The van der Waals surface area contributed by atoms with Gasteiger partial charge in [-0.15, -0.1) is 0 Å². The van der Waals surface area contributed by atoms with Gasteiger partial charge in [0.05, 0.1) is 4.92 Å². The number of nitrogens with one attached hydrogen (secondary N) is 1. The first-order valence-corrected chi connectivity index (χ1v) is 12.1.